The molecule has 4 aromatic rings. The number of carbonyl (C=O) groups excluding carboxylic acids is 1. The summed E-state index contributed by atoms with van der Waals surface area (Å²) in [6, 6.07) is 10.8. The number of hydrogen-bond donors (Lipinski definition) is 1. The molecule has 2 aromatic heterocycles. The molecule has 0 fully saturated rings. The molecule has 8 heteroatoms. The first kappa shape index (κ1) is 17.8. The molecule has 0 aliphatic carbocycles. The molecule has 0 saturated heterocycles. The second kappa shape index (κ2) is 6.56. The highest BCUT2D eigenvalue weighted by Gasteiger charge is 2.23. The van der Waals surface area contributed by atoms with Gasteiger partial charge in [0.2, 0.25) is 5.91 Å². The lowest BCUT2D eigenvalue weighted by Crippen LogP contribution is -2.27. The monoisotopic (exact) mass is 382 g/mol. The van der Waals surface area contributed by atoms with Gasteiger partial charge in [0.05, 0.1) is 11.2 Å². The molecule has 2 heterocycles. The molecule has 0 aliphatic rings. The number of aromatic nitrogens is 3. The molecule has 2 aromatic carbocycles. The van der Waals surface area contributed by atoms with E-state index in [1.807, 2.05) is 24.3 Å². The van der Waals surface area contributed by atoms with Gasteiger partial charge in [-0.25, -0.2) is 13.3 Å². The second-order valence-corrected chi connectivity index (χ2v) is 6.52. The SMILES string of the molecule is Cc1cc(=O)nc2c3ccccc3n(C(C)C(=O)Nc3ccc(F)cc3F)n12. The maximum atomic E-state index is 13.9. The number of hydrogen-bond acceptors (Lipinski definition) is 3. The number of carbonyl (C=O) groups is 1. The number of aryl methyl sites for hydroxylation is 1. The lowest BCUT2D eigenvalue weighted by Gasteiger charge is -2.18. The van der Waals surface area contributed by atoms with Crippen LogP contribution in [0, 0.1) is 18.6 Å². The molecule has 0 saturated carbocycles. The zero-order chi connectivity index (χ0) is 20.0. The molecule has 142 valence electrons. The fraction of sp³-hybridized carbons (Fsp3) is 0.150. The van der Waals surface area contributed by atoms with Crippen LogP contribution in [0.4, 0.5) is 14.5 Å². The van der Waals surface area contributed by atoms with Gasteiger partial charge in [0, 0.05) is 23.2 Å². The van der Waals surface area contributed by atoms with Gasteiger partial charge in [-0.3, -0.25) is 14.3 Å². The van der Waals surface area contributed by atoms with Crippen molar-refractivity contribution < 1.29 is 13.6 Å². The first-order valence-electron chi connectivity index (χ1n) is 8.62. The summed E-state index contributed by atoms with van der Waals surface area (Å²) in [5.74, 6) is -2.08. The van der Waals surface area contributed by atoms with Crippen LogP contribution in [-0.2, 0) is 4.79 Å². The Morgan fingerprint density at radius 2 is 1.89 bits per heavy atom. The summed E-state index contributed by atoms with van der Waals surface area (Å²) >= 11 is 0. The van der Waals surface area contributed by atoms with Crippen molar-refractivity contribution in [2.24, 2.45) is 0 Å². The van der Waals surface area contributed by atoms with Crippen molar-refractivity contribution in [2.45, 2.75) is 19.9 Å². The third-order valence-electron chi connectivity index (χ3n) is 4.63. The number of anilines is 1. The summed E-state index contributed by atoms with van der Waals surface area (Å²) in [7, 11) is 0. The lowest BCUT2D eigenvalue weighted by atomic mass is 10.2. The van der Waals surface area contributed by atoms with Gasteiger partial charge >= 0.3 is 0 Å². The largest absolute Gasteiger partial charge is 0.322 e. The number of benzene rings is 2. The summed E-state index contributed by atoms with van der Waals surface area (Å²) in [4.78, 5) is 28.8. The maximum Gasteiger partial charge on any atom is 0.273 e. The highest BCUT2D eigenvalue weighted by molar-refractivity contribution is 5.97. The van der Waals surface area contributed by atoms with E-state index < -0.39 is 23.6 Å². The van der Waals surface area contributed by atoms with Crippen LogP contribution in [-0.4, -0.2) is 20.1 Å². The van der Waals surface area contributed by atoms with Crippen molar-refractivity contribution >= 4 is 28.1 Å². The summed E-state index contributed by atoms with van der Waals surface area (Å²) in [6.07, 6.45) is 0. The zero-order valence-electron chi connectivity index (χ0n) is 15.1. The number of halogens is 2. The fourth-order valence-corrected chi connectivity index (χ4v) is 3.33. The lowest BCUT2D eigenvalue weighted by molar-refractivity contribution is -0.119. The Bertz CT molecular complexity index is 1290. The molecule has 0 radical (unpaired) electrons. The van der Waals surface area contributed by atoms with Gasteiger partial charge in [-0.2, -0.15) is 4.98 Å². The van der Waals surface area contributed by atoms with E-state index in [0.29, 0.717) is 22.9 Å². The van der Waals surface area contributed by atoms with Gasteiger partial charge in [-0.05, 0) is 38.1 Å². The van der Waals surface area contributed by atoms with E-state index in [9.17, 15) is 18.4 Å². The molecule has 1 unspecified atom stereocenters. The molecule has 6 nitrogen and oxygen atoms in total. The first-order chi connectivity index (χ1) is 13.4. The fourth-order valence-electron chi connectivity index (χ4n) is 3.33. The van der Waals surface area contributed by atoms with Crippen molar-refractivity contribution in [3.63, 3.8) is 0 Å². The average Bonchev–Trinajstić information content (AvgIpc) is 2.98. The van der Waals surface area contributed by atoms with Crippen molar-refractivity contribution in [2.75, 3.05) is 5.32 Å². The minimum absolute atomic E-state index is 0.110. The Balaban J connectivity index is 1.85. The van der Waals surface area contributed by atoms with Gasteiger partial charge in [-0.1, -0.05) is 12.1 Å². The Morgan fingerprint density at radius 1 is 1.14 bits per heavy atom. The maximum absolute atomic E-state index is 13.9. The van der Waals surface area contributed by atoms with Crippen LogP contribution in [0.5, 0.6) is 0 Å². The summed E-state index contributed by atoms with van der Waals surface area (Å²) in [5, 5.41) is 3.21. The third-order valence-corrected chi connectivity index (χ3v) is 4.63. The Kier molecular flexibility index (Phi) is 4.18. The zero-order valence-corrected chi connectivity index (χ0v) is 15.1. The number of fused-ring (bicyclic) bond motifs is 3. The highest BCUT2D eigenvalue weighted by atomic mass is 19.1. The van der Waals surface area contributed by atoms with Gasteiger partial charge in [-0.15, -0.1) is 0 Å². The van der Waals surface area contributed by atoms with E-state index in [-0.39, 0.29) is 11.2 Å². The van der Waals surface area contributed by atoms with E-state index in [4.69, 9.17) is 0 Å². The van der Waals surface area contributed by atoms with Gasteiger partial charge in [0.25, 0.3) is 5.56 Å². The van der Waals surface area contributed by atoms with Crippen molar-refractivity contribution in [3.8, 4) is 0 Å². The minimum atomic E-state index is -0.857. The first-order valence-corrected chi connectivity index (χ1v) is 8.62. The van der Waals surface area contributed by atoms with Crippen LogP contribution in [0.1, 0.15) is 18.7 Å². The van der Waals surface area contributed by atoms with Crippen LogP contribution >= 0.6 is 0 Å². The van der Waals surface area contributed by atoms with Crippen LogP contribution < -0.4 is 10.9 Å². The Hall–Kier alpha value is -3.55. The molecule has 1 amide bonds. The van der Waals surface area contributed by atoms with Crippen LogP contribution in [0.3, 0.4) is 0 Å². The topological polar surface area (TPSA) is 68.4 Å². The van der Waals surface area contributed by atoms with E-state index in [2.05, 4.69) is 10.3 Å². The van der Waals surface area contributed by atoms with Crippen LogP contribution in [0.15, 0.2) is 53.3 Å². The highest BCUT2D eigenvalue weighted by Crippen LogP contribution is 2.26. The molecule has 1 N–H and O–H groups in total. The quantitative estimate of drug-likeness (QED) is 0.590. The average molecular weight is 382 g/mol. The van der Waals surface area contributed by atoms with Crippen molar-refractivity contribution in [1.29, 1.82) is 0 Å². The van der Waals surface area contributed by atoms with Gasteiger partial charge < -0.3 is 5.32 Å². The summed E-state index contributed by atoms with van der Waals surface area (Å²) < 4.78 is 30.4. The smallest absolute Gasteiger partial charge is 0.273 e. The van der Waals surface area contributed by atoms with E-state index >= 15 is 0 Å². The predicted molar refractivity (Wildman–Crippen MR) is 101 cm³/mol. The van der Waals surface area contributed by atoms with Crippen molar-refractivity contribution in [1.82, 2.24) is 14.2 Å². The molecule has 4 rings (SSSR count). The third kappa shape index (κ3) is 2.83. The molecule has 0 bridgehead atoms. The van der Waals surface area contributed by atoms with E-state index in [1.165, 1.54) is 12.1 Å². The number of nitrogens with one attached hydrogen (secondary N) is 1. The summed E-state index contributed by atoms with van der Waals surface area (Å²) in [6.45, 7) is 3.40. The number of rotatable bonds is 3. The van der Waals surface area contributed by atoms with Gasteiger partial charge in [0.1, 0.15) is 17.7 Å². The number of amides is 1. The Labute approximate surface area is 158 Å². The molecule has 0 spiro atoms. The molecular formula is C20H16F2N4O2. The number of nitrogens with zero attached hydrogens (tertiary/aromatic N) is 3. The normalized spacial score (nSPS) is 12.4. The van der Waals surface area contributed by atoms with E-state index in [1.54, 1.807) is 23.0 Å². The number of para-hydroxylation sites is 1. The second-order valence-electron chi connectivity index (χ2n) is 6.52. The molecule has 1 atom stereocenters. The van der Waals surface area contributed by atoms with Crippen molar-refractivity contribution in [3.05, 3.63) is 76.2 Å². The molecule has 28 heavy (non-hydrogen) atoms. The summed E-state index contributed by atoms with van der Waals surface area (Å²) in [5.41, 5.74) is 1.27. The molecular weight excluding hydrogens is 366 g/mol. The minimum Gasteiger partial charge on any atom is -0.322 e. The Morgan fingerprint density at radius 3 is 2.64 bits per heavy atom. The van der Waals surface area contributed by atoms with Gasteiger partial charge in [0.15, 0.2) is 5.65 Å². The van der Waals surface area contributed by atoms with Crippen LogP contribution in [0.2, 0.25) is 0 Å². The van der Waals surface area contributed by atoms with Crippen LogP contribution in [0.25, 0.3) is 16.6 Å². The molecule has 0 aliphatic heterocycles. The van der Waals surface area contributed by atoms with E-state index in [0.717, 1.165) is 11.5 Å². The standard InChI is InChI=1S/C20H16F2N4O2/c1-11-9-18(27)24-19-14-5-3-4-6-17(14)26(25(11)19)12(2)20(28)23-16-8-7-13(21)10-15(16)22/h3-10,12H,1-2H3,(H,23,28). The predicted octanol–water partition coefficient (Wildman–Crippen LogP) is 3.44.